The lowest BCUT2D eigenvalue weighted by Gasteiger charge is -2.32. The highest BCUT2D eigenvalue weighted by atomic mass is 19.3. The molecule has 0 aliphatic carbocycles. The maximum Gasteiger partial charge on any atom is 0.263 e. The molecule has 1 fully saturated rings. The van der Waals surface area contributed by atoms with Gasteiger partial charge >= 0.3 is 0 Å². The molecule has 1 saturated heterocycles. The van der Waals surface area contributed by atoms with Gasteiger partial charge in [-0.2, -0.15) is 0 Å². The molecule has 0 atom stereocenters. The van der Waals surface area contributed by atoms with Crippen LogP contribution in [0.25, 0.3) is 22.6 Å². The molecule has 10 nitrogen and oxygen atoms in total. The first kappa shape index (κ1) is 27.4. The maximum absolute atomic E-state index is 13.6. The van der Waals surface area contributed by atoms with Crippen molar-refractivity contribution in [3.63, 3.8) is 0 Å². The Morgan fingerprint density at radius 3 is 2.82 bits per heavy atom. The molecular formula is C26H32F2N6O4. The molecule has 1 N–H and O–H groups in total. The van der Waals surface area contributed by atoms with Gasteiger partial charge in [-0.25, -0.2) is 23.7 Å². The number of hydrogen-bond donors (Lipinski definition) is 1. The van der Waals surface area contributed by atoms with Gasteiger partial charge in [0.2, 0.25) is 11.8 Å². The number of nitrogens with zero attached hydrogens (tertiary/aromatic N) is 5. The van der Waals surface area contributed by atoms with E-state index >= 15 is 0 Å². The maximum atomic E-state index is 13.6. The average molecular weight is 531 g/mol. The minimum atomic E-state index is -2.64. The molecule has 1 aliphatic rings. The van der Waals surface area contributed by atoms with Gasteiger partial charge in [0.1, 0.15) is 18.0 Å². The van der Waals surface area contributed by atoms with Crippen LogP contribution in [0.5, 0.6) is 11.6 Å². The first-order chi connectivity index (χ1) is 18.1. The fourth-order valence-electron chi connectivity index (χ4n) is 4.39. The molecule has 0 aromatic carbocycles. The van der Waals surface area contributed by atoms with Gasteiger partial charge in [0.05, 0.1) is 31.8 Å². The van der Waals surface area contributed by atoms with Gasteiger partial charge in [-0.1, -0.05) is 6.07 Å². The predicted molar refractivity (Wildman–Crippen MR) is 138 cm³/mol. The third-order valence-electron chi connectivity index (χ3n) is 6.06. The van der Waals surface area contributed by atoms with Crippen LogP contribution < -0.4 is 20.3 Å². The summed E-state index contributed by atoms with van der Waals surface area (Å²) in [7, 11) is 1.48. The smallest absolute Gasteiger partial charge is 0.263 e. The van der Waals surface area contributed by atoms with E-state index in [-0.39, 0.29) is 54.9 Å². The second-order valence-electron chi connectivity index (χ2n) is 9.59. The highest BCUT2D eigenvalue weighted by Gasteiger charge is 2.34. The highest BCUT2D eigenvalue weighted by Crippen LogP contribution is 2.26. The third kappa shape index (κ3) is 6.80. The Balaban J connectivity index is 1.57. The van der Waals surface area contributed by atoms with Crippen LogP contribution in [0.2, 0.25) is 0 Å². The van der Waals surface area contributed by atoms with Crippen molar-refractivity contribution in [2.75, 3.05) is 33.4 Å². The molecule has 204 valence electrons. The zero-order valence-corrected chi connectivity index (χ0v) is 21.7. The number of carbonyl (C=O) groups excluding carboxylic acids is 1. The fraction of sp³-hybridized carbons (Fsp3) is 0.500. The van der Waals surface area contributed by atoms with Crippen LogP contribution >= 0.6 is 0 Å². The van der Waals surface area contributed by atoms with E-state index in [2.05, 4.69) is 20.3 Å². The number of likely N-dealkylation sites (tertiary alicyclic amines) is 1. The number of fused-ring (bicyclic) bond motifs is 1. The molecule has 0 unspecified atom stereocenters. The highest BCUT2D eigenvalue weighted by molar-refractivity contribution is 5.80. The summed E-state index contributed by atoms with van der Waals surface area (Å²) in [6.45, 7) is 4.58. The number of hydrogen-bond acceptors (Lipinski definition) is 8. The zero-order chi connectivity index (χ0) is 27.3. The van der Waals surface area contributed by atoms with Gasteiger partial charge in [-0.3, -0.25) is 19.1 Å². The van der Waals surface area contributed by atoms with E-state index < -0.39 is 11.5 Å². The van der Waals surface area contributed by atoms with Crippen molar-refractivity contribution in [3.8, 4) is 23.1 Å². The SMILES string of the molecule is COc1cccc(-c2nc3ncc(OCCCN4CCCC(F)(F)C4)cc3c(=O)n2CC(=O)NC(C)C)n1. The fourth-order valence-corrected chi connectivity index (χ4v) is 4.39. The molecule has 4 heterocycles. The molecule has 12 heteroatoms. The number of aromatic nitrogens is 4. The van der Waals surface area contributed by atoms with Gasteiger partial charge in [-0.15, -0.1) is 0 Å². The van der Waals surface area contributed by atoms with Crippen LogP contribution in [0.15, 0.2) is 35.3 Å². The largest absolute Gasteiger partial charge is 0.492 e. The molecule has 0 radical (unpaired) electrons. The molecule has 3 aromatic rings. The number of methoxy groups -OCH3 is 1. The van der Waals surface area contributed by atoms with Crippen molar-refractivity contribution >= 4 is 16.9 Å². The lowest BCUT2D eigenvalue weighted by Crippen LogP contribution is -2.43. The number of amides is 1. The Bertz CT molecular complexity index is 1350. The monoisotopic (exact) mass is 530 g/mol. The number of nitrogens with one attached hydrogen (secondary N) is 1. The summed E-state index contributed by atoms with van der Waals surface area (Å²) >= 11 is 0. The summed E-state index contributed by atoms with van der Waals surface area (Å²) in [4.78, 5) is 41.1. The van der Waals surface area contributed by atoms with Crippen LogP contribution in [-0.2, 0) is 11.3 Å². The molecule has 3 aromatic heterocycles. The first-order valence-corrected chi connectivity index (χ1v) is 12.6. The van der Waals surface area contributed by atoms with Crippen molar-refractivity contribution < 1.29 is 23.0 Å². The molecule has 0 saturated carbocycles. The number of alkyl halides is 2. The molecule has 0 spiro atoms. The van der Waals surface area contributed by atoms with E-state index in [9.17, 15) is 18.4 Å². The lowest BCUT2D eigenvalue weighted by atomic mass is 10.1. The Kier molecular flexibility index (Phi) is 8.50. The normalized spacial score (nSPS) is 15.5. The summed E-state index contributed by atoms with van der Waals surface area (Å²) in [5.74, 6) is -2.12. The van der Waals surface area contributed by atoms with Crippen LogP contribution in [0.4, 0.5) is 8.78 Å². The topological polar surface area (TPSA) is 111 Å². The van der Waals surface area contributed by atoms with Crippen LogP contribution in [0.1, 0.15) is 33.1 Å². The Labute approximate surface area is 219 Å². The standard InChI is InChI=1S/C26H32F2N6O4/c1-17(2)30-21(35)15-34-24(20-7-4-8-22(31-20)37-3)32-23-19(25(34)36)13-18(14-29-23)38-12-6-11-33-10-5-9-26(27,28)16-33/h4,7-8,13-14,17H,5-6,9-12,15-16H2,1-3H3,(H,30,35). The summed E-state index contributed by atoms with van der Waals surface area (Å²) in [5.41, 5.74) is 0.0613. The summed E-state index contributed by atoms with van der Waals surface area (Å²) < 4.78 is 39.4. The summed E-state index contributed by atoms with van der Waals surface area (Å²) in [6.07, 6.45) is 2.42. The van der Waals surface area contributed by atoms with Gasteiger partial charge in [-0.05, 0) is 45.4 Å². The van der Waals surface area contributed by atoms with Gasteiger partial charge in [0.15, 0.2) is 11.5 Å². The molecule has 1 aliphatic heterocycles. The van der Waals surface area contributed by atoms with E-state index in [1.54, 1.807) is 23.1 Å². The Morgan fingerprint density at radius 1 is 1.26 bits per heavy atom. The van der Waals surface area contributed by atoms with E-state index in [0.29, 0.717) is 43.3 Å². The number of piperidine rings is 1. The minimum Gasteiger partial charge on any atom is -0.492 e. The summed E-state index contributed by atoms with van der Waals surface area (Å²) in [6, 6.07) is 6.47. The Morgan fingerprint density at radius 2 is 2.08 bits per heavy atom. The molecular weight excluding hydrogens is 498 g/mol. The van der Waals surface area contributed by atoms with E-state index in [1.165, 1.54) is 23.9 Å². The van der Waals surface area contributed by atoms with Gasteiger partial charge in [0, 0.05) is 25.1 Å². The van der Waals surface area contributed by atoms with Crippen molar-refractivity contribution in [2.45, 2.75) is 51.6 Å². The van der Waals surface area contributed by atoms with Crippen molar-refractivity contribution in [1.29, 1.82) is 0 Å². The lowest BCUT2D eigenvalue weighted by molar-refractivity contribution is -0.122. The third-order valence-corrected chi connectivity index (χ3v) is 6.06. The second-order valence-corrected chi connectivity index (χ2v) is 9.59. The minimum absolute atomic E-state index is 0.0664. The first-order valence-electron chi connectivity index (χ1n) is 12.6. The number of halogens is 2. The number of ether oxygens (including phenoxy) is 2. The van der Waals surface area contributed by atoms with Crippen molar-refractivity contribution in [2.24, 2.45) is 0 Å². The quantitative estimate of drug-likeness (QED) is 0.399. The van der Waals surface area contributed by atoms with Crippen molar-refractivity contribution in [1.82, 2.24) is 29.7 Å². The second kappa shape index (κ2) is 11.8. The van der Waals surface area contributed by atoms with E-state index in [1.807, 2.05) is 13.8 Å². The Hall–Kier alpha value is -3.67. The average Bonchev–Trinajstić information content (AvgIpc) is 2.87. The van der Waals surface area contributed by atoms with Crippen LogP contribution in [0, 0.1) is 0 Å². The number of pyridine rings is 2. The van der Waals surface area contributed by atoms with Gasteiger partial charge in [0.25, 0.3) is 11.5 Å². The molecule has 1 amide bonds. The molecule has 38 heavy (non-hydrogen) atoms. The summed E-state index contributed by atoms with van der Waals surface area (Å²) in [5, 5.41) is 2.97. The van der Waals surface area contributed by atoms with Crippen LogP contribution in [0.3, 0.4) is 0 Å². The predicted octanol–water partition coefficient (Wildman–Crippen LogP) is 2.89. The molecule has 4 rings (SSSR count). The van der Waals surface area contributed by atoms with Crippen molar-refractivity contribution in [3.05, 3.63) is 40.8 Å². The van der Waals surface area contributed by atoms with E-state index in [4.69, 9.17) is 9.47 Å². The van der Waals surface area contributed by atoms with Crippen LogP contribution in [-0.4, -0.2) is 75.6 Å². The van der Waals surface area contributed by atoms with E-state index in [0.717, 1.165) is 0 Å². The number of carbonyl (C=O) groups is 1. The zero-order valence-electron chi connectivity index (χ0n) is 21.7. The van der Waals surface area contributed by atoms with Gasteiger partial charge < -0.3 is 14.8 Å². The molecule has 0 bridgehead atoms. The number of rotatable bonds is 10.